The first kappa shape index (κ1) is 47.9. The molecule has 0 saturated carbocycles. The quantitative estimate of drug-likeness (QED) is 0.0321. The molecule has 0 aliphatic heterocycles. The lowest BCUT2D eigenvalue weighted by Crippen LogP contribution is -2.51. The van der Waals surface area contributed by atoms with E-state index in [1.54, 1.807) is 6.07 Å². The fourth-order valence-corrected chi connectivity index (χ4v) is 7.25. The predicted octanol–water partition coefficient (Wildman–Crippen LogP) is 8.27. The van der Waals surface area contributed by atoms with Crippen LogP contribution in [0.2, 0.25) is 0 Å². The maximum atomic E-state index is 13.2. The highest BCUT2D eigenvalue weighted by Gasteiger charge is 2.34. The Bertz CT molecular complexity index is 1590. The van der Waals surface area contributed by atoms with Crippen LogP contribution in [0.1, 0.15) is 82.6 Å². The van der Waals surface area contributed by atoms with Gasteiger partial charge >= 0.3 is 6.09 Å². The summed E-state index contributed by atoms with van der Waals surface area (Å²) in [6.45, 7) is 5.57. The number of benzene rings is 1. The van der Waals surface area contributed by atoms with Gasteiger partial charge in [-0.05, 0) is 58.8 Å². The molecular weight excluding hydrogens is 749 g/mol. The Kier molecular flexibility index (Phi) is 25.6. The lowest BCUT2D eigenvalue weighted by molar-refractivity contribution is -0.120. The first-order valence-corrected chi connectivity index (χ1v) is 21.5. The maximum absolute atomic E-state index is 13.2. The zero-order valence-electron chi connectivity index (χ0n) is 32.9. The second kappa shape index (κ2) is 29.9. The molecule has 11 nitrogen and oxygen atoms in total. The van der Waals surface area contributed by atoms with Gasteiger partial charge in [-0.3, -0.25) is 9.59 Å². The second-order valence-corrected chi connectivity index (χ2v) is 16.2. The summed E-state index contributed by atoms with van der Waals surface area (Å²) in [6.07, 6.45) is 30.7. The maximum Gasteiger partial charge on any atom is 0.407 e. The fraction of sp³-hybridized carbons (Fsp3) is 0.442. The molecule has 1 aromatic heterocycles. The van der Waals surface area contributed by atoms with Gasteiger partial charge in [-0.1, -0.05) is 137 Å². The molecule has 0 saturated heterocycles. The third-order valence-electron chi connectivity index (χ3n) is 7.94. The smallest absolute Gasteiger partial charge is 0.407 e. The van der Waals surface area contributed by atoms with Gasteiger partial charge in [-0.15, -0.1) is 0 Å². The molecule has 0 aliphatic rings. The second-order valence-electron chi connectivity index (χ2n) is 13.1. The van der Waals surface area contributed by atoms with Crippen LogP contribution in [0.4, 0.5) is 4.79 Å². The number of allylic oxidation sites excluding steroid dienone is 12. The Balaban J connectivity index is 1.70. The highest BCUT2D eigenvalue weighted by Crippen LogP contribution is 2.38. The summed E-state index contributed by atoms with van der Waals surface area (Å²) in [5.41, 5.74) is 0.846. The van der Waals surface area contributed by atoms with Gasteiger partial charge in [-0.2, -0.15) is 0 Å². The zero-order valence-corrected chi connectivity index (χ0v) is 34.6. The number of alkyl carbamates (subject to hydrolysis) is 1. The molecule has 1 heterocycles. The van der Waals surface area contributed by atoms with Crippen molar-refractivity contribution in [3.8, 4) is 11.3 Å². The molecular formula is C43H60N4O7S2. The van der Waals surface area contributed by atoms with Crippen molar-refractivity contribution in [3.63, 3.8) is 0 Å². The van der Waals surface area contributed by atoms with Gasteiger partial charge in [0.2, 0.25) is 5.91 Å². The molecule has 2 atom stereocenters. The Hall–Kier alpha value is -4.30. The number of hydrogen-bond acceptors (Lipinski definition) is 10. The van der Waals surface area contributed by atoms with E-state index in [-0.39, 0.29) is 24.8 Å². The number of amides is 3. The van der Waals surface area contributed by atoms with Crippen molar-refractivity contribution >= 4 is 39.5 Å². The van der Waals surface area contributed by atoms with E-state index in [0.717, 1.165) is 44.1 Å². The van der Waals surface area contributed by atoms with E-state index < -0.39 is 35.5 Å². The number of rotatable bonds is 28. The number of ether oxygens (including phenoxy) is 1. The Labute approximate surface area is 340 Å². The van der Waals surface area contributed by atoms with Gasteiger partial charge in [0.15, 0.2) is 11.5 Å². The van der Waals surface area contributed by atoms with E-state index in [4.69, 9.17) is 14.4 Å². The summed E-state index contributed by atoms with van der Waals surface area (Å²) in [5.74, 6) is 0.532. The summed E-state index contributed by atoms with van der Waals surface area (Å²) in [5, 5.41) is 30.7. The normalized spacial score (nSPS) is 13.4. The SMILES string of the molecule is CC/C=C\C/C=C\C/C=C\C/C=C\C/C=C\C/C=C\CCC(=O)NCCSSC(C)(C)[C@@H](COC(=O)NC[C@@H](O)CO)NC(=O)c1cc(-c2ccccc2)on1. The van der Waals surface area contributed by atoms with E-state index in [1.807, 2.05) is 50.3 Å². The van der Waals surface area contributed by atoms with Gasteiger partial charge in [0.1, 0.15) is 6.61 Å². The van der Waals surface area contributed by atoms with E-state index in [1.165, 1.54) is 21.6 Å². The lowest BCUT2D eigenvalue weighted by atomic mass is 10.0. The molecule has 0 bridgehead atoms. The zero-order chi connectivity index (χ0) is 40.7. The van der Waals surface area contributed by atoms with E-state index >= 15 is 0 Å². The average Bonchev–Trinajstić information content (AvgIpc) is 3.70. The topological polar surface area (TPSA) is 163 Å². The van der Waals surface area contributed by atoms with E-state index in [0.29, 0.717) is 30.9 Å². The molecule has 3 amide bonds. The highest BCUT2D eigenvalue weighted by atomic mass is 33.1. The predicted molar refractivity (Wildman–Crippen MR) is 230 cm³/mol. The van der Waals surface area contributed by atoms with Crippen molar-refractivity contribution < 1.29 is 33.9 Å². The molecule has 1 aromatic carbocycles. The number of aliphatic hydroxyl groups is 2. The summed E-state index contributed by atoms with van der Waals surface area (Å²) < 4.78 is 10.1. The number of nitrogens with zero attached hydrogens (tertiary/aromatic N) is 1. The molecule has 0 spiro atoms. The van der Waals surface area contributed by atoms with Crippen LogP contribution in [-0.2, 0) is 9.53 Å². The number of aliphatic hydroxyl groups excluding tert-OH is 2. The number of carbonyl (C=O) groups excluding carboxylic acids is 3. The molecule has 0 radical (unpaired) electrons. The first-order chi connectivity index (χ1) is 27.2. The molecule has 56 heavy (non-hydrogen) atoms. The van der Waals surface area contributed by atoms with Crippen LogP contribution in [0.5, 0.6) is 0 Å². The van der Waals surface area contributed by atoms with Crippen LogP contribution in [-0.4, -0.2) is 82.2 Å². The molecule has 5 N–H and O–H groups in total. The van der Waals surface area contributed by atoms with Crippen LogP contribution in [0, 0.1) is 0 Å². The van der Waals surface area contributed by atoms with Crippen LogP contribution < -0.4 is 16.0 Å². The van der Waals surface area contributed by atoms with E-state index in [9.17, 15) is 19.5 Å². The van der Waals surface area contributed by atoms with Crippen LogP contribution in [0.15, 0.2) is 114 Å². The number of carbonyl (C=O) groups is 3. The third kappa shape index (κ3) is 22.3. The van der Waals surface area contributed by atoms with Crippen molar-refractivity contribution in [2.75, 3.05) is 32.1 Å². The Morgan fingerprint density at radius 1 is 0.875 bits per heavy atom. The highest BCUT2D eigenvalue weighted by molar-refractivity contribution is 8.77. The largest absolute Gasteiger partial charge is 0.447 e. The van der Waals surface area contributed by atoms with Crippen molar-refractivity contribution in [3.05, 3.63) is 115 Å². The molecule has 13 heteroatoms. The summed E-state index contributed by atoms with van der Waals surface area (Å²) in [4.78, 5) is 37.9. The van der Waals surface area contributed by atoms with Gasteiger partial charge in [-0.25, -0.2) is 4.79 Å². The molecule has 0 fully saturated rings. The molecule has 306 valence electrons. The van der Waals surface area contributed by atoms with Gasteiger partial charge in [0, 0.05) is 41.6 Å². The summed E-state index contributed by atoms with van der Waals surface area (Å²) >= 11 is 0. The van der Waals surface area contributed by atoms with Gasteiger partial charge in [0.05, 0.1) is 18.8 Å². The molecule has 0 aliphatic carbocycles. The average molecular weight is 809 g/mol. The Morgan fingerprint density at radius 3 is 2.05 bits per heavy atom. The molecule has 0 unspecified atom stereocenters. The Morgan fingerprint density at radius 2 is 1.46 bits per heavy atom. The monoisotopic (exact) mass is 808 g/mol. The van der Waals surface area contributed by atoms with E-state index in [2.05, 4.69) is 94.9 Å². The van der Waals surface area contributed by atoms with Crippen molar-refractivity contribution in [1.29, 1.82) is 0 Å². The van der Waals surface area contributed by atoms with Gasteiger partial charge < -0.3 is 35.4 Å². The minimum atomic E-state index is -1.12. The standard InChI is InChI=1S/C43H60N4O7S2/c1-4-5-6-7-8-9-10-11-12-13-14-15-16-17-18-19-20-21-25-28-40(50)44-29-30-55-56-43(2,3)39(34-53-42(52)45-32-36(49)33-48)46-41(51)37-31-38(54-47-37)35-26-23-22-24-27-35/h5-6,8-9,11-12,14-15,17-18,20-24,26-27,31,36,39,48-49H,4,7,10,13,16,19,25,28-30,32-34H2,1-3H3,(H,44,50)(H,45,52)(H,46,51)/b6-5-,9-8-,12-11-,15-14-,18-17-,21-20-/t36-,39-/m1/s1. The number of hydrogen-bond donors (Lipinski definition) is 5. The van der Waals surface area contributed by atoms with Crippen LogP contribution in [0.3, 0.4) is 0 Å². The molecule has 2 rings (SSSR count). The minimum absolute atomic E-state index is 0.0206. The van der Waals surface area contributed by atoms with Crippen molar-refractivity contribution in [2.24, 2.45) is 0 Å². The van der Waals surface area contributed by atoms with Crippen LogP contribution >= 0.6 is 21.6 Å². The molecule has 2 aromatic rings. The van der Waals surface area contributed by atoms with Crippen molar-refractivity contribution in [1.82, 2.24) is 21.1 Å². The minimum Gasteiger partial charge on any atom is -0.447 e. The fourth-order valence-electron chi connectivity index (χ4n) is 4.67. The first-order valence-electron chi connectivity index (χ1n) is 19.2. The van der Waals surface area contributed by atoms with Crippen LogP contribution in [0.25, 0.3) is 11.3 Å². The van der Waals surface area contributed by atoms with Gasteiger partial charge in [0.25, 0.3) is 5.91 Å². The third-order valence-corrected chi connectivity index (χ3v) is 11.3. The number of aromatic nitrogens is 1. The summed E-state index contributed by atoms with van der Waals surface area (Å²) in [7, 11) is 3.01. The summed E-state index contributed by atoms with van der Waals surface area (Å²) in [6, 6.07) is 10.2. The lowest BCUT2D eigenvalue weighted by Gasteiger charge is -2.33. The van der Waals surface area contributed by atoms with Crippen molar-refractivity contribution in [2.45, 2.75) is 89.0 Å². The number of nitrogens with one attached hydrogen (secondary N) is 3.